The molecule has 0 spiro atoms. The van der Waals surface area contributed by atoms with Gasteiger partial charge in [0.1, 0.15) is 11.6 Å². The summed E-state index contributed by atoms with van der Waals surface area (Å²) in [5.41, 5.74) is 0.167. The molecule has 0 fully saturated rings. The van der Waals surface area contributed by atoms with Crippen molar-refractivity contribution in [2.24, 2.45) is 0 Å². The van der Waals surface area contributed by atoms with Gasteiger partial charge in [0.2, 0.25) is 0 Å². The van der Waals surface area contributed by atoms with Crippen LogP contribution in [0.2, 0.25) is 0 Å². The number of halogens is 2. The maximum absolute atomic E-state index is 13.5. The summed E-state index contributed by atoms with van der Waals surface area (Å²) in [6, 6.07) is 4.05. The van der Waals surface area contributed by atoms with Crippen LogP contribution >= 0.6 is 0 Å². The molecule has 4 heteroatoms. The van der Waals surface area contributed by atoms with Crippen LogP contribution in [0.3, 0.4) is 0 Å². The van der Waals surface area contributed by atoms with Crippen LogP contribution in [0.1, 0.15) is 12.5 Å². The van der Waals surface area contributed by atoms with Crippen molar-refractivity contribution in [1.82, 2.24) is 10.2 Å². The first-order valence-electron chi connectivity index (χ1n) is 5.85. The monoisotopic (exact) mass is 242 g/mol. The molecule has 0 saturated heterocycles. The quantitative estimate of drug-likeness (QED) is 0.821. The zero-order chi connectivity index (χ0) is 12.8. The summed E-state index contributed by atoms with van der Waals surface area (Å²) >= 11 is 0. The van der Waals surface area contributed by atoms with Crippen molar-refractivity contribution < 1.29 is 8.78 Å². The van der Waals surface area contributed by atoms with E-state index in [-0.39, 0.29) is 11.6 Å². The molecule has 0 aliphatic carbocycles. The molecule has 1 N–H and O–H groups in total. The Labute approximate surface area is 102 Å². The van der Waals surface area contributed by atoms with E-state index in [0.717, 1.165) is 13.1 Å². The maximum atomic E-state index is 13.5. The molecule has 1 aromatic rings. The summed E-state index contributed by atoms with van der Waals surface area (Å²) in [4.78, 5) is 2.01. The molecule has 0 saturated carbocycles. The number of benzene rings is 1. The van der Waals surface area contributed by atoms with Gasteiger partial charge in [-0.2, -0.15) is 0 Å². The molecule has 0 bridgehead atoms. The Bertz CT molecular complexity index is 333. The lowest BCUT2D eigenvalue weighted by Crippen LogP contribution is -2.40. The van der Waals surface area contributed by atoms with Gasteiger partial charge in [0.05, 0.1) is 0 Å². The Kier molecular flexibility index (Phi) is 5.51. The third-order valence-corrected chi connectivity index (χ3v) is 2.59. The van der Waals surface area contributed by atoms with Crippen molar-refractivity contribution in [3.8, 4) is 0 Å². The highest BCUT2D eigenvalue weighted by Crippen LogP contribution is 2.14. The van der Waals surface area contributed by atoms with Gasteiger partial charge in [-0.05, 0) is 39.2 Å². The highest BCUT2D eigenvalue weighted by atomic mass is 19.1. The lowest BCUT2D eigenvalue weighted by atomic mass is 10.0. The predicted molar refractivity (Wildman–Crippen MR) is 66.1 cm³/mol. The van der Waals surface area contributed by atoms with Crippen molar-refractivity contribution in [3.05, 3.63) is 35.4 Å². The molecule has 0 aliphatic heterocycles. The third-order valence-electron chi connectivity index (χ3n) is 2.59. The van der Waals surface area contributed by atoms with E-state index in [1.807, 2.05) is 25.9 Å². The lowest BCUT2D eigenvalue weighted by molar-refractivity contribution is 0.335. The summed E-state index contributed by atoms with van der Waals surface area (Å²) < 4.78 is 27.0. The minimum absolute atomic E-state index is 0.0569. The first kappa shape index (κ1) is 14.1. The van der Waals surface area contributed by atoms with E-state index in [1.54, 1.807) is 0 Å². The number of hydrogen-bond donors (Lipinski definition) is 1. The standard InChI is InChI=1S/C13H20F2N2/c1-4-16-10(9-17(2)3)8-11-12(14)6-5-7-13(11)15/h5-7,10,16H,4,8-9H2,1-3H3. The second-order valence-corrected chi connectivity index (χ2v) is 4.42. The fraction of sp³-hybridized carbons (Fsp3) is 0.538. The molecule has 1 aromatic carbocycles. The van der Waals surface area contributed by atoms with Crippen molar-refractivity contribution in [2.45, 2.75) is 19.4 Å². The molecule has 1 atom stereocenters. The summed E-state index contributed by atoms with van der Waals surface area (Å²) in [5.74, 6) is -0.932. The van der Waals surface area contributed by atoms with Gasteiger partial charge in [-0.25, -0.2) is 8.78 Å². The zero-order valence-corrected chi connectivity index (χ0v) is 10.6. The van der Waals surface area contributed by atoms with Crippen LogP contribution < -0.4 is 5.32 Å². The van der Waals surface area contributed by atoms with Crippen LogP contribution in [0.25, 0.3) is 0 Å². The van der Waals surface area contributed by atoms with Crippen LogP contribution in [-0.2, 0) is 6.42 Å². The van der Waals surface area contributed by atoms with Crippen LogP contribution in [-0.4, -0.2) is 38.1 Å². The molecule has 1 unspecified atom stereocenters. The molecule has 0 amide bonds. The van der Waals surface area contributed by atoms with Gasteiger partial charge in [0.15, 0.2) is 0 Å². The van der Waals surface area contributed by atoms with E-state index in [0.29, 0.717) is 6.42 Å². The van der Waals surface area contributed by atoms with Crippen molar-refractivity contribution in [2.75, 3.05) is 27.2 Å². The number of nitrogens with one attached hydrogen (secondary N) is 1. The minimum atomic E-state index is -0.466. The summed E-state index contributed by atoms with van der Waals surface area (Å²) in [6.07, 6.45) is 0.366. The fourth-order valence-electron chi connectivity index (χ4n) is 1.90. The maximum Gasteiger partial charge on any atom is 0.129 e. The first-order chi connectivity index (χ1) is 8.04. The molecule has 0 radical (unpaired) electrons. The van der Waals surface area contributed by atoms with Crippen molar-refractivity contribution in [1.29, 1.82) is 0 Å². The van der Waals surface area contributed by atoms with Gasteiger partial charge in [0.25, 0.3) is 0 Å². The van der Waals surface area contributed by atoms with Crippen LogP contribution in [0, 0.1) is 11.6 Å². The second kappa shape index (κ2) is 6.67. The Balaban J connectivity index is 2.78. The van der Waals surface area contributed by atoms with Crippen molar-refractivity contribution in [3.63, 3.8) is 0 Å². The molecule has 0 aliphatic rings. The summed E-state index contributed by atoms with van der Waals surface area (Å²) in [7, 11) is 3.89. The summed E-state index contributed by atoms with van der Waals surface area (Å²) in [5, 5.41) is 3.24. The largest absolute Gasteiger partial charge is 0.313 e. The molecular weight excluding hydrogens is 222 g/mol. The molecule has 17 heavy (non-hydrogen) atoms. The van der Waals surface area contributed by atoms with E-state index in [9.17, 15) is 8.78 Å². The van der Waals surface area contributed by atoms with Crippen molar-refractivity contribution >= 4 is 0 Å². The smallest absolute Gasteiger partial charge is 0.129 e. The van der Waals surface area contributed by atoms with E-state index in [1.165, 1.54) is 18.2 Å². The van der Waals surface area contributed by atoms with Gasteiger partial charge >= 0.3 is 0 Å². The average molecular weight is 242 g/mol. The van der Waals surface area contributed by atoms with Gasteiger partial charge in [-0.1, -0.05) is 13.0 Å². The van der Waals surface area contributed by atoms with Crippen LogP contribution in [0.5, 0.6) is 0 Å². The molecule has 1 rings (SSSR count). The molecule has 2 nitrogen and oxygen atoms in total. The molecular formula is C13H20F2N2. The zero-order valence-electron chi connectivity index (χ0n) is 10.6. The highest BCUT2D eigenvalue weighted by molar-refractivity contribution is 5.20. The number of likely N-dealkylation sites (N-methyl/N-ethyl adjacent to an activating group) is 2. The SMILES string of the molecule is CCNC(Cc1c(F)cccc1F)CN(C)C. The topological polar surface area (TPSA) is 15.3 Å². The van der Waals surface area contributed by atoms with Crippen LogP contribution in [0.4, 0.5) is 8.78 Å². The normalized spacial score (nSPS) is 13.1. The van der Waals surface area contributed by atoms with Gasteiger partial charge < -0.3 is 10.2 Å². The third kappa shape index (κ3) is 4.40. The Morgan fingerprint density at radius 3 is 2.29 bits per heavy atom. The average Bonchev–Trinajstić information content (AvgIpc) is 2.23. The highest BCUT2D eigenvalue weighted by Gasteiger charge is 2.15. The number of nitrogens with zero attached hydrogens (tertiary/aromatic N) is 1. The Hall–Kier alpha value is -1.00. The Morgan fingerprint density at radius 1 is 1.24 bits per heavy atom. The second-order valence-electron chi connectivity index (χ2n) is 4.42. The van der Waals surface area contributed by atoms with E-state index >= 15 is 0 Å². The first-order valence-corrected chi connectivity index (χ1v) is 5.85. The van der Waals surface area contributed by atoms with Gasteiger partial charge in [-0.3, -0.25) is 0 Å². The van der Waals surface area contributed by atoms with E-state index in [4.69, 9.17) is 0 Å². The number of rotatable bonds is 6. The molecule has 96 valence electrons. The van der Waals surface area contributed by atoms with E-state index in [2.05, 4.69) is 5.32 Å². The predicted octanol–water partition coefficient (Wildman–Crippen LogP) is 2.05. The van der Waals surface area contributed by atoms with Crippen LogP contribution in [0.15, 0.2) is 18.2 Å². The molecule has 0 aromatic heterocycles. The Morgan fingerprint density at radius 2 is 1.82 bits per heavy atom. The minimum Gasteiger partial charge on any atom is -0.313 e. The lowest BCUT2D eigenvalue weighted by Gasteiger charge is -2.22. The molecule has 0 heterocycles. The number of hydrogen-bond acceptors (Lipinski definition) is 2. The van der Waals surface area contributed by atoms with E-state index < -0.39 is 11.6 Å². The summed E-state index contributed by atoms with van der Waals surface area (Å²) in [6.45, 7) is 3.52. The van der Waals surface area contributed by atoms with Gasteiger partial charge in [-0.15, -0.1) is 0 Å². The van der Waals surface area contributed by atoms with Gasteiger partial charge in [0, 0.05) is 18.2 Å². The fourth-order valence-corrected chi connectivity index (χ4v) is 1.90.